The normalized spacial score (nSPS) is 9.08. The van der Waals surface area contributed by atoms with E-state index in [0.717, 1.165) is 5.69 Å². The summed E-state index contributed by atoms with van der Waals surface area (Å²) < 4.78 is 0.176. The third-order valence-corrected chi connectivity index (χ3v) is 3.05. The number of carbonyl (C=O) groups excluding carboxylic acids is 1. The van der Waals surface area contributed by atoms with Gasteiger partial charge < -0.3 is 0 Å². The summed E-state index contributed by atoms with van der Waals surface area (Å²) >= 11 is -0.738. The Hall–Kier alpha value is -0.874. The van der Waals surface area contributed by atoms with E-state index in [4.69, 9.17) is 0 Å². The van der Waals surface area contributed by atoms with Gasteiger partial charge in [0, 0.05) is 0 Å². The van der Waals surface area contributed by atoms with Gasteiger partial charge in [-0.05, 0) is 0 Å². The molecule has 0 fully saturated rings. The molecule has 0 spiro atoms. The Morgan fingerprint density at radius 1 is 1.38 bits per heavy atom. The molecule has 4 heteroatoms. The predicted molar refractivity (Wildman–Crippen MR) is 55.0 cm³/mol. The molecule has 0 aliphatic rings. The van der Waals surface area contributed by atoms with Crippen LogP contribution in [0.4, 0.5) is 10.5 Å². The second-order valence-corrected chi connectivity index (χ2v) is 4.97. The molecule has 0 saturated carbocycles. The van der Waals surface area contributed by atoms with Crippen molar-refractivity contribution in [1.82, 2.24) is 5.43 Å². The molecule has 67 valence electrons. The number of carbonyl (C=O) groups is 1. The van der Waals surface area contributed by atoms with Gasteiger partial charge in [0.15, 0.2) is 0 Å². The van der Waals surface area contributed by atoms with Crippen molar-refractivity contribution in [2.45, 2.75) is 5.48 Å². The topological polar surface area (TPSA) is 32.3 Å². The van der Waals surface area contributed by atoms with Crippen LogP contribution in [0.15, 0.2) is 30.3 Å². The summed E-state index contributed by atoms with van der Waals surface area (Å²) in [5.41, 5.74) is 5.79. The summed E-state index contributed by atoms with van der Waals surface area (Å²) in [4.78, 5) is 11.1. The average Bonchev–Trinajstić information content (AvgIpc) is 2.19. The molecule has 0 atom stereocenters. The zero-order valence-electron chi connectivity index (χ0n) is 7.82. The van der Waals surface area contributed by atoms with Crippen LogP contribution in [0.25, 0.3) is 0 Å². The number of hydrogen-bond acceptors (Lipinski definition) is 2. The number of para-hydroxylation sites is 1. The summed E-state index contributed by atoms with van der Waals surface area (Å²) in [6, 6.07) is 9.76. The number of nitrogens with zero attached hydrogens (tertiary/aromatic N) is 1. The molecule has 0 aliphatic heterocycles. The molecule has 0 aromatic heterocycles. The molecule has 1 aromatic rings. The van der Waals surface area contributed by atoms with Crippen LogP contribution in [-0.4, -0.2) is 28.9 Å². The van der Waals surface area contributed by atoms with E-state index in [1.807, 2.05) is 42.9 Å². The first-order valence-corrected chi connectivity index (χ1v) is 7.76. The number of benzene rings is 1. The first-order chi connectivity index (χ1) is 6.24. The van der Waals surface area contributed by atoms with Crippen molar-refractivity contribution in [3.05, 3.63) is 30.3 Å². The maximum absolute atomic E-state index is 11.1. The molecule has 1 amide bonds. The first-order valence-electron chi connectivity index (χ1n) is 4.13. The monoisotopic (exact) mass is 233 g/mol. The molecule has 1 N–H and O–H groups in total. The van der Waals surface area contributed by atoms with Gasteiger partial charge in [0.25, 0.3) is 0 Å². The van der Waals surface area contributed by atoms with Crippen LogP contribution in [0.3, 0.4) is 0 Å². The van der Waals surface area contributed by atoms with Gasteiger partial charge in [-0.1, -0.05) is 0 Å². The fourth-order valence-electron chi connectivity index (χ4n) is 0.946. The van der Waals surface area contributed by atoms with E-state index in [0.29, 0.717) is 0 Å². The van der Waals surface area contributed by atoms with E-state index in [1.54, 1.807) is 5.01 Å². The van der Waals surface area contributed by atoms with Crippen LogP contribution in [0.2, 0.25) is 5.48 Å². The van der Waals surface area contributed by atoms with Crippen LogP contribution in [-0.2, 0) is 0 Å². The van der Waals surface area contributed by atoms with Crippen LogP contribution >= 0.6 is 0 Å². The van der Waals surface area contributed by atoms with E-state index in [2.05, 4.69) is 5.43 Å². The number of nitrogens with one attached hydrogen (secondary N) is 1. The van der Waals surface area contributed by atoms with Crippen LogP contribution in [0, 0.1) is 0 Å². The second-order valence-electron chi connectivity index (χ2n) is 2.66. The molecule has 0 aliphatic carbocycles. The van der Waals surface area contributed by atoms with E-state index < -0.39 is 17.4 Å². The molecular formula is C9H12GaN2O. The van der Waals surface area contributed by atoms with Gasteiger partial charge in [0.1, 0.15) is 0 Å². The van der Waals surface area contributed by atoms with Gasteiger partial charge >= 0.3 is 85.6 Å². The zero-order chi connectivity index (χ0) is 9.68. The van der Waals surface area contributed by atoms with Gasteiger partial charge in [0.05, 0.1) is 0 Å². The maximum atomic E-state index is 11.1. The molecule has 1 rings (SSSR count). The second kappa shape index (κ2) is 4.99. The number of hydrogen-bond donors (Lipinski definition) is 1. The summed E-state index contributed by atoms with van der Waals surface area (Å²) in [7, 11) is 1.85. The molecule has 0 unspecified atom stereocenters. The standard InChI is InChI=1S/C8H9N2O.CH3.Ga/c1-10(9-7-11)8-5-3-2-4-6-8;;/h2-6H,1H3,(H,9,11);1H3;. The van der Waals surface area contributed by atoms with E-state index >= 15 is 0 Å². The third kappa shape index (κ3) is 3.16. The molecule has 13 heavy (non-hydrogen) atoms. The van der Waals surface area contributed by atoms with Gasteiger partial charge in [-0.15, -0.1) is 0 Å². The predicted octanol–water partition coefficient (Wildman–Crippen LogP) is 1.50. The van der Waals surface area contributed by atoms with E-state index in [9.17, 15) is 4.79 Å². The van der Waals surface area contributed by atoms with Gasteiger partial charge in [-0.2, -0.15) is 0 Å². The van der Waals surface area contributed by atoms with Crippen molar-refractivity contribution in [2.24, 2.45) is 0 Å². The van der Waals surface area contributed by atoms with Gasteiger partial charge in [0.2, 0.25) is 0 Å². The fourth-order valence-corrected chi connectivity index (χ4v) is 1.62. The van der Waals surface area contributed by atoms with Crippen molar-refractivity contribution in [3.8, 4) is 0 Å². The third-order valence-electron chi connectivity index (χ3n) is 1.68. The molecule has 0 saturated heterocycles. The Morgan fingerprint density at radius 3 is 2.54 bits per heavy atom. The molecule has 0 heterocycles. The Balaban J connectivity index is 2.59. The molecule has 3 nitrogen and oxygen atoms in total. The Bertz CT molecular complexity index is 276. The average molecular weight is 234 g/mol. The van der Waals surface area contributed by atoms with Crippen molar-refractivity contribution in [1.29, 1.82) is 0 Å². The van der Waals surface area contributed by atoms with Crippen molar-refractivity contribution in [3.63, 3.8) is 0 Å². The minimum atomic E-state index is -0.738. The Labute approximate surface area is 85.9 Å². The number of anilines is 1. The number of amides is 1. The van der Waals surface area contributed by atoms with E-state index in [-0.39, 0.29) is 4.46 Å². The summed E-state index contributed by atoms with van der Waals surface area (Å²) in [5.74, 6) is 0. The summed E-state index contributed by atoms with van der Waals surface area (Å²) in [6.07, 6.45) is 0. The fraction of sp³-hybridized carbons (Fsp3) is 0.222. The summed E-state index contributed by atoms with van der Waals surface area (Å²) in [5, 5.41) is 1.75. The van der Waals surface area contributed by atoms with Crippen molar-refractivity contribution >= 4 is 27.6 Å². The summed E-state index contributed by atoms with van der Waals surface area (Å²) in [6.45, 7) is 0. The molecule has 0 bridgehead atoms. The van der Waals surface area contributed by atoms with Gasteiger partial charge in [-0.3, -0.25) is 0 Å². The van der Waals surface area contributed by atoms with Crippen LogP contribution in [0.1, 0.15) is 0 Å². The van der Waals surface area contributed by atoms with Crippen molar-refractivity contribution in [2.75, 3.05) is 12.1 Å². The Kier molecular flexibility index (Phi) is 3.92. The van der Waals surface area contributed by atoms with Crippen LogP contribution in [0.5, 0.6) is 0 Å². The first kappa shape index (κ1) is 10.2. The molecule has 1 radical (unpaired) electrons. The SMILES string of the molecule is [CH3][Ga][C](=O)NN(C)c1ccccc1. The van der Waals surface area contributed by atoms with E-state index in [1.165, 1.54) is 0 Å². The van der Waals surface area contributed by atoms with Crippen LogP contribution < -0.4 is 10.4 Å². The quantitative estimate of drug-likeness (QED) is 0.634. The number of hydrazine groups is 1. The zero-order valence-corrected chi connectivity index (χ0v) is 10.2. The Morgan fingerprint density at radius 2 is 2.00 bits per heavy atom. The van der Waals surface area contributed by atoms with Gasteiger partial charge in [-0.25, -0.2) is 0 Å². The number of rotatable bonds is 3. The molecule has 1 aromatic carbocycles. The van der Waals surface area contributed by atoms with Crippen molar-refractivity contribution < 1.29 is 4.79 Å². The minimum absolute atomic E-state index is 0.176. The molecular weight excluding hydrogens is 222 g/mol.